The molecule has 1 heterocycles. The number of aromatic nitrogens is 3. The van der Waals surface area contributed by atoms with E-state index in [9.17, 15) is 0 Å². The molecule has 1 aromatic carbocycles. The number of rotatable bonds is 5. The minimum Gasteiger partial charge on any atom is -0.312 e. The molecule has 0 aliphatic heterocycles. The highest BCUT2D eigenvalue weighted by Crippen LogP contribution is 2.20. The molecule has 5 heteroatoms. The molecule has 0 aliphatic carbocycles. The summed E-state index contributed by atoms with van der Waals surface area (Å²) >= 11 is 6.13. The van der Waals surface area contributed by atoms with Crippen molar-refractivity contribution in [2.75, 3.05) is 6.54 Å². The number of benzene rings is 1. The Hall–Kier alpha value is -1.39. The van der Waals surface area contributed by atoms with E-state index in [1.165, 1.54) is 5.56 Å². The van der Waals surface area contributed by atoms with Crippen molar-refractivity contribution in [2.24, 2.45) is 5.92 Å². The molecule has 0 atom stereocenters. The molecule has 1 aromatic heterocycles. The second-order valence-corrected chi connectivity index (χ2v) is 5.85. The first-order valence-electron chi connectivity index (χ1n) is 6.87. The molecule has 0 radical (unpaired) electrons. The molecule has 0 spiro atoms. The highest BCUT2D eigenvalue weighted by molar-refractivity contribution is 6.30. The third-order valence-electron chi connectivity index (χ3n) is 3.02. The van der Waals surface area contributed by atoms with Crippen LogP contribution in [0.4, 0.5) is 0 Å². The quantitative estimate of drug-likeness (QED) is 0.919. The largest absolute Gasteiger partial charge is 0.312 e. The summed E-state index contributed by atoms with van der Waals surface area (Å²) in [5.41, 5.74) is 2.16. The Morgan fingerprint density at radius 2 is 2.05 bits per heavy atom. The topological polar surface area (TPSA) is 42.7 Å². The third kappa shape index (κ3) is 3.58. The summed E-state index contributed by atoms with van der Waals surface area (Å²) in [6.45, 7) is 10.0. The van der Waals surface area contributed by atoms with Gasteiger partial charge in [-0.25, -0.2) is 9.67 Å². The van der Waals surface area contributed by atoms with Gasteiger partial charge in [0.15, 0.2) is 0 Å². The van der Waals surface area contributed by atoms with Crippen molar-refractivity contribution in [1.82, 2.24) is 20.1 Å². The number of nitrogens with zero attached hydrogens (tertiary/aromatic N) is 3. The van der Waals surface area contributed by atoms with Crippen LogP contribution in [0, 0.1) is 19.8 Å². The Morgan fingerprint density at radius 3 is 2.65 bits per heavy atom. The van der Waals surface area contributed by atoms with Crippen molar-refractivity contribution in [2.45, 2.75) is 34.2 Å². The molecule has 108 valence electrons. The van der Waals surface area contributed by atoms with Crippen molar-refractivity contribution >= 4 is 11.6 Å². The normalized spacial score (nSPS) is 11.3. The van der Waals surface area contributed by atoms with Crippen LogP contribution in [0.5, 0.6) is 0 Å². The van der Waals surface area contributed by atoms with E-state index in [1.807, 2.05) is 36.7 Å². The van der Waals surface area contributed by atoms with Crippen molar-refractivity contribution in [3.8, 4) is 5.69 Å². The molecule has 20 heavy (non-hydrogen) atoms. The molecule has 0 fully saturated rings. The molecule has 0 aliphatic rings. The first-order valence-corrected chi connectivity index (χ1v) is 7.25. The van der Waals surface area contributed by atoms with Crippen molar-refractivity contribution in [1.29, 1.82) is 0 Å². The standard InChI is InChI=1S/C15H21ClN4/c1-10(2)8-17-9-13-5-6-14(16)7-15(13)20-12(4)18-11(3)19-20/h5-7,10,17H,8-9H2,1-4H3. The van der Waals surface area contributed by atoms with E-state index in [-0.39, 0.29) is 0 Å². The van der Waals surface area contributed by atoms with E-state index in [0.29, 0.717) is 10.9 Å². The molecule has 2 aromatic rings. The minimum absolute atomic E-state index is 0.626. The van der Waals surface area contributed by atoms with Crippen LogP contribution in [0.3, 0.4) is 0 Å². The van der Waals surface area contributed by atoms with Crippen LogP contribution in [0.2, 0.25) is 5.02 Å². The Kier molecular flexibility index (Phi) is 4.78. The van der Waals surface area contributed by atoms with Gasteiger partial charge in [0.05, 0.1) is 5.69 Å². The smallest absolute Gasteiger partial charge is 0.148 e. The maximum absolute atomic E-state index is 6.13. The number of halogens is 1. The fraction of sp³-hybridized carbons (Fsp3) is 0.467. The number of aryl methyl sites for hydroxylation is 2. The molecule has 0 bridgehead atoms. The summed E-state index contributed by atoms with van der Waals surface area (Å²) < 4.78 is 1.85. The van der Waals surface area contributed by atoms with Crippen molar-refractivity contribution < 1.29 is 0 Å². The monoisotopic (exact) mass is 292 g/mol. The molecule has 4 nitrogen and oxygen atoms in total. The van der Waals surface area contributed by atoms with Gasteiger partial charge in [-0.05, 0) is 44.0 Å². The van der Waals surface area contributed by atoms with E-state index in [2.05, 4.69) is 29.2 Å². The number of hydrogen-bond acceptors (Lipinski definition) is 3. The van der Waals surface area contributed by atoms with Crippen LogP contribution in [-0.4, -0.2) is 21.3 Å². The summed E-state index contributed by atoms with van der Waals surface area (Å²) in [6, 6.07) is 5.90. The lowest BCUT2D eigenvalue weighted by molar-refractivity contribution is 0.551. The van der Waals surface area contributed by atoms with Gasteiger partial charge < -0.3 is 5.32 Å². The third-order valence-corrected chi connectivity index (χ3v) is 3.25. The van der Waals surface area contributed by atoms with E-state index in [1.54, 1.807) is 0 Å². The predicted octanol–water partition coefficient (Wildman–Crippen LogP) is 3.28. The Bertz CT molecular complexity index is 590. The van der Waals surface area contributed by atoms with Crippen molar-refractivity contribution in [3.05, 3.63) is 40.4 Å². The molecular weight excluding hydrogens is 272 g/mol. The van der Waals surface area contributed by atoms with Crippen LogP contribution in [0.15, 0.2) is 18.2 Å². The van der Waals surface area contributed by atoms with Gasteiger partial charge in [-0.1, -0.05) is 31.5 Å². The van der Waals surface area contributed by atoms with Gasteiger partial charge in [0, 0.05) is 11.6 Å². The van der Waals surface area contributed by atoms with Crippen LogP contribution in [0.25, 0.3) is 5.69 Å². The van der Waals surface area contributed by atoms with Crippen molar-refractivity contribution in [3.63, 3.8) is 0 Å². The second kappa shape index (κ2) is 6.37. The van der Waals surface area contributed by atoms with E-state index >= 15 is 0 Å². The maximum atomic E-state index is 6.13. The molecule has 1 N–H and O–H groups in total. The molecule has 2 rings (SSSR count). The Labute approximate surface area is 125 Å². The second-order valence-electron chi connectivity index (χ2n) is 5.42. The zero-order chi connectivity index (χ0) is 14.7. The highest BCUT2D eigenvalue weighted by Gasteiger charge is 2.10. The highest BCUT2D eigenvalue weighted by atomic mass is 35.5. The molecule has 0 saturated heterocycles. The predicted molar refractivity (Wildman–Crippen MR) is 82.4 cm³/mol. The summed E-state index contributed by atoms with van der Waals surface area (Å²) in [6.07, 6.45) is 0. The van der Waals surface area contributed by atoms with Gasteiger partial charge in [0.1, 0.15) is 11.6 Å². The summed E-state index contributed by atoms with van der Waals surface area (Å²) in [7, 11) is 0. The fourth-order valence-electron chi connectivity index (χ4n) is 2.13. The zero-order valence-corrected chi connectivity index (χ0v) is 13.2. The SMILES string of the molecule is Cc1nc(C)n(-c2cc(Cl)ccc2CNCC(C)C)n1. The Balaban J connectivity index is 2.31. The number of nitrogens with one attached hydrogen (secondary N) is 1. The zero-order valence-electron chi connectivity index (χ0n) is 12.4. The Morgan fingerprint density at radius 1 is 1.30 bits per heavy atom. The van der Waals surface area contributed by atoms with E-state index in [0.717, 1.165) is 30.4 Å². The summed E-state index contributed by atoms with van der Waals surface area (Å²) in [5.74, 6) is 2.26. The fourth-order valence-corrected chi connectivity index (χ4v) is 2.29. The lowest BCUT2D eigenvalue weighted by Crippen LogP contribution is -2.20. The number of hydrogen-bond donors (Lipinski definition) is 1. The average molecular weight is 293 g/mol. The minimum atomic E-state index is 0.626. The van der Waals surface area contributed by atoms with E-state index in [4.69, 9.17) is 11.6 Å². The van der Waals surface area contributed by atoms with E-state index < -0.39 is 0 Å². The summed E-state index contributed by atoms with van der Waals surface area (Å²) in [4.78, 5) is 4.36. The van der Waals surface area contributed by atoms with Gasteiger partial charge in [-0.3, -0.25) is 0 Å². The van der Waals surface area contributed by atoms with Crippen LogP contribution >= 0.6 is 11.6 Å². The lowest BCUT2D eigenvalue weighted by Gasteiger charge is -2.13. The van der Waals surface area contributed by atoms with Gasteiger partial charge in [-0.15, -0.1) is 0 Å². The molecule has 0 unspecified atom stereocenters. The van der Waals surface area contributed by atoms with Crippen LogP contribution < -0.4 is 5.32 Å². The first kappa shape index (κ1) is 15.0. The van der Waals surface area contributed by atoms with Gasteiger partial charge in [0.2, 0.25) is 0 Å². The van der Waals surface area contributed by atoms with Gasteiger partial charge >= 0.3 is 0 Å². The van der Waals surface area contributed by atoms with Crippen LogP contribution in [-0.2, 0) is 6.54 Å². The van der Waals surface area contributed by atoms with Gasteiger partial charge in [0.25, 0.3) is 0 Å². The van der Waals surface area contributed by atoms with Gasteiger partial charge in [-0.2, -0.15) is 5.10 Å². The summed E-state index contributed by atoms with van der Waals surface area (Å²) in [5, 5.41) is 8.61. The average Bonchev–Trinajstić information content (AvgIpc) is 2.70. The molecular formula is C15H21ClN4. The first-order chi connectivity index (χ1) is 9.47. The van der Waals surface area contributed by atoms with Crippen LogP contribution in [0.1, 0.15) is 31.1 Å². The molecule has 0 amide bonds. The maximum Gasteiger partial charge on any atom is 0.148 e. The lowest BCUT2D eigenvalue weighted by atomic mass is 10.1. The molecule has 0 saturated carbocycles.